The predicted octanol–water partition coefficient (Wildman–Crippen LogP) is 3.00. The third kappa shape index (κ3) is 2.19. The minimum absolute atomic E-state index is 0.166. The van der Waals surface area contributed by atoms with Gasteiger partial charge < -0.3 is 11.1 Å². The van der Waals surface area contributed by atoms with Gasteiger partial charge in [0, 0.05) is 18.0 Å². The van der Waals surface area contributed by atoms with Crippen molar-refractivity contribution in [2.75, 3.05) is 13.6 Å². The third-order valence-corrected chi connectivity index (χ3v) is 4.59. The van der Waals surface area contributed by atoms with E-state index in [9.17, 15) is 0 Å². The lowest BCUT2D eigenvalue weighted by molar-refractivity contribution is 0.0941. The highest BCUT2D eigenvalue weighted by Crippen LogP contribution is 2.49. The van der Waals surface area contributed by atoms with Crippen molar-refractivity contribution in [1.82, 2.24) is 5.32 Å². The van der Waals surface area contributed by atoms with E-state index < -0.39 is 0 Å². The molecule has 2 heteroatoms. The number of hydrogen-bond donors (Lipinski definition) is 2. The van der Waals surface area contributed by atoms with Crippen LogP contribution in [0.2, 0.25) is 0 Å². The zero-order chi connectivity index (χ0) is 13.3. The van der Waals surface area contributed by atoms with E-state index in [0.29, 0.717) is 0 Å². The molecule has 1 saturated carbocycles. The van der Waals surface area contributed by atoms with Gasteiger partial charge in [-0.15, -0.1) is 0 Å². The second kappa shape index (κ2) is 5.02. The number of aryl methyl sites for hydroxylation is 3. The third-order valence-electron chi connectivity index (χ3n) is 4.59. The van der Waals surface area contributed by atoms with Gasteiger partial charge in [-0.1, -0.05) is 24.1 Å². The highest BCUT2D eigenvalue weighted by atomic mass is 14.9. The Morgan fingerprint density at radius 3 is 2.17 bits per heavy atom. The summed E-state index contributed by atoms with van der Waals surface area (Å²) >= 11 is 0. The van der Waals surface area contributed by atoms with Crippen molar-refractivity contribution < 1.29 is 0 Å². The van der Waals surface area contributed by atoms with E-state index in [0.717, 1.165) is 6.54 Å². The van der Waals surface area contributed by atoms with E-state index in [1.165, 1.54) is 41.5 Å². The molecule has 0 aliphatic heterocycles. The van der Waals surface area contributed by atoms with Gasteiger partial charge in [0.1, 0.15) is 0 Å². The van der Waals surface area contributed by atoms with Gasteiger partial charge in [0.25, 0.3) is 0 Å². The molecule has 100 valence electrons. The molecule has 1 aromatic rings. The molecule has 0 bridgehead atoms. The Labute approximate surface area is 111 Å². The van der Waals surface area contributed by atoms with Gasteiger partial charge in [0.05, 0.1) is 0 Å². The second-order valence-corrected chi connectivity index (χ2v) is 6.04. The van der Waals surface area contributed by atoms with E-state index in [1.54, 1.807) is 0 Å². The standard InChI is InChI=1S/C16H26N2/c1-11-8-12(2)14(13(3)9-11)15(17)16(10-18-4)6-5-7-16/h8-9,15,18H,5-7,10,17H2,1-4H3. The predicted molar refractivity (Wildman–Crippen MR) is 77.8 cm³/mol. The lowest BCUT2D eigenvalue weighted by Gasteiger charge is -2.47. The van der Waals surface area contributed by atoms with Gasteiger partial charge in [-0.3, -0.25) is 0 Å². The summed E-state index contributed by atoms with van der Waals surface area (Å²) < 4.78 is 0. The van der Waals surface area contributed by atoms with Crippen LogP contribution in [-0.4, -0.2) is 13.6 Å². The Kier molecular flexibility index (Phi) is 3.79. The summed E-state index contributed by atoms with van der Waals surface area (Å²) in [5.74, 6) is 0. The fourth-order valence-electron chi connectivity index (χ4n) is 3.57. The van der Waals surface area contributed by atoms with Crippen LogP contribution < -0.4 is 11.1 Å². The zero-order valence-electron chi connectivity index (χ0n) is 12.1. The van der Waals surface area contributed by atoms with Crippen molar-refractivity contribution in [1.29, 1.82) is 0 Å². The first-order valence-corrected chi connectivity index (χ1v) is 6.98. The van der Waals surface area contributed by atoms with Crippen molar-refractivity contribution in [3.8, 4) is 0 Å². The fraction of sp³-hybridized carbons (Fsp3) is 0.625. The molecule has 0 spiro atoms. The molecule has 2 rings (SSSR count). The zero-order valence-corrected chi connectivity index (χ0v) is 12.1. The van der Waals surface area contributed by atoms with Crippen LogP contribution in [0.25, 0.3) is 0 Å². The molecule has 0 amide bonds. The highest BCUT2D eigenvalue weighted by molar-refractivity contribution is 5.40. The number of nitrogens with one attached hydrogen (secondary N) is 1. The molecule has 1 aromatic carbocycles. The minimum atomic E-state index is 0.166. The van der Waals surface area contributed by atoms with Crippen molar-refractivity contribution in [3.63, 3.8) is 0 Å². The molecule has 0 heterocycles. The fourth-order valence-corrected chi connectivity index (χ4v) is 3.57. The van der Waals surface area contributed by atoms with Crippen LogP contribution in [0.15, 0.2) is 12.1 Å². The SMILES string of the molecule is CNCC1(C(N)c2c(C)cc(C)cc2C)CCC1. The Bertz CT molecular complexity index is 410. The van der Waals surface area contributed by atoms with Crippen LogP contribution in [0.4, 0.5) is 0 Å². The summed E-state index contributed by atoms with van der Waals surface area (Å²) in [6.07, 6.45) is 3.82. The molecular weight excluding hydrogens is 220 g/mol. The van der Waals surface area contributed by atoms with Gasteiger partial charge in [-0.05, 0) is 57.4 Å². The largest absolute Gasteiger partial charge is 0.323 e. The van der Waals surface area contributed by atoms with Crippen molar-refractivity contribution >= 4 is 0 Å². The Morgan fingerprint density at radius 1 is 1.22 bits per heavy atom. The van der Waals surface area contributed by atoms with E-state index in [2.05, 4.69) is 38.2 Å². The summed E-state index contributed by atoms with van der Waals surface area (Å²) in [5.41, 5.74) is 12.3. The van der Waals surface area contributed by atoms with Gasteiger partial charge in [-0.25, -0.2) is 0 Å². The molecule has 0 aromatic heterocycles. The first-order chi connectivity index (χ1) is 8.50. The van der Waals surface area contributed by atoms with Gasteiger partial charge in [0.15, 0.2) is 0 Å². The number of rotatable bonds is 4. The second-order valence-electron chi connectivity index (χ2n) is 6.04. The highest BCUT2D eigenvalue weighted by Gasteiger charge is 2.43. The molecule has 1 fully saturated rings. The van der Waals surface area contributed by atoms with Gasteiger partial charge >= 0.3 is 0 Å². The first-order valence-electron chi connectivity index (χ1n) is 6.98. The normalized spacial score (nSPS) is 19.4. The van der Waals surface area contributed by atoms with Crippen LogP contribution in [0.1, 0.15) is 47.6 Å². The minimum Gasteiger partial charge on any atom is -0.323 e. The Balaban J connectivity index is 2.36. The maximum Gasteiger partial charge on any atom is 0.0369 e. The molecular formula is C16H26N2. The number of nitrogens with two attached hydrogens (primary N) is 1. The van der Waals surface area contributed by atoms with Crippen LogP contribution in [0.5, 0.6) is 0 Å². The maximum absolute atomic E-state index is 6.63. The van der Waals surface area contributed by atoms with Crippen LogP contribution >= 0.6 is 0 Å². The van der Waals surface area contributed by atoms with Gasteiger partial charge in [-0.2, -0.15) is 0 Å². The number of hydrogen-bond acceptors (Lipinski definition) is 2. The molecule has 2 nitrogen and oxygen atoms in total. The Hall–Kier alpha value is -0.860. The molecule has 0 saturated heterocycles. The molecule has 1 unspecified atom stereocenters. The topological polar surface area (TPSA) is 38.0 Å². The molecule has 3 N–H and O–H groups in total. The summed E-state index contributed by atoms with van der Waals surface area (Å²) in [6.45, 7) is 7.57. The van der Waals surface area contributed by atoms with E-state index in [-0.39, 0.29) is 11.5 Å². The molecule has 1 atom stereocenters. The van der Waals surface area contributed by atoms with Crippen molar-refractivity contribution in [3.05, 3.63) is 34.4 Å². The Morgan fingerprint density at radius 2 is 1.78 bits per heavy atom. The first kappa shape index (κ1) is 13.6. The van der Waals surface area contributed by atoms with E-state index in [4.69, 9.17) is 5.73 Å². The molecule has 1 aliphatic rings. The summed E-state index contributed by atoms with van der Waals surface area (Å²) in [7, 11) is 2.03. The smallest absolute Gasteiger partial charge is 0.0369 e. The van der Waals surface area contributed by atoms with Crippen LogP contribution in [0.3, 0.4) is 0 Å². The van der Waals surface area contributed by atoms with Crippen LogP contribution in [-0.2, 0) is 0 Å². The van der Waals surface area contributed by atoms with Crippen molar-refractivity contribution in [2.45, 2.75) is 46.1 Å². The lowest BCUT2D eigenvalue weighted by atomic mass is 9.61. The molecule has 18 heavy (non-hydrogen) atoms. The average molecular weight is 246 g/mol. The summed E-state index contributed by atoms with van der Waals surface area (Å²) in [6, 6.07) is 4.68. The van der Waals surface area contributed by atoms with E-state index in [1.807, 2.05) is 7.05 Å². The monoisotopic (exact) mass is 246 g/mol. The van der Waals surface area contributed by atoms with Crippen LogP contribution in [0, 0.1) is 26.2 Å². The molecule has 0 radical (unpaired) electrons. The van der Waals surface area contributed by atoms with Gasteiger partial charge in [0.2, 0.25) is 0 Å². The summed E-state index contributed by atoms with van der Waals surface area (Å²) in [4.78, 5) is 0. The lowest BCUT2D eigenvalue weighted by Crippen LogP contribution is -2.47. The van der Waals surface area contributed by atoms with Crippen molar-refractivity contribution in [2.24, 2.45) is 11.1 Å². The van der Waals surface area contributed by atoms with E-state index >= 15 is 0 Å². The summed E-state index contributed by atoms with van der Waals surface area (Å²) in [5, 5.41) is 3.33. The number of benzene rings is 1. The average Bonchev–Trinajstić information content (AvgIpc) is 2.21. The molecule has 1 aliphatic carbocycles. The maximum atomic E-state index is 6.63. The quantitative estimate of drug-likeness (QED) is 0.857.